The Morgan fingerprint density at radius 3 is 2.71 bits per heavy atom. The molecular weight excluding hydrogens is 380 g/mol. The van der Waals surface area contributed by atoms with Crippen LogP contribution in [0.2, 0.25) is 5.02 Å². The number of piperidine rings is 1. The summed E-state index contributed by atoms with van der Waals surface area (Å²) < 4.78 is 0. The molecular formula is C20H27ClN4O3. The molecule has 0 bridgehead atoms. The number of halogens is 1. The van der Waals surface area contributed by atoms with E-state index in [1.807, 2.05) is 4.90 Å². The third kappa shape index (κ3) is 5.45. The van der Waals surface area contributed by atoms with Crippen LogP contribution < -0.4 is 10.8 Å². The van der Waals surface area contributed by atoms with Crippen molar-refractivity contribution < 1.29 is 14.8 Å². The molecule has 0 radical (unpaired) electrons. The molecule has 3 N–H and O–H groups in total. The molecule has 2 amide bonds. The summed E-state index contributed by atoms with van der Waals surface area (Å²) in [4.78, 5) is 30.2. The molecule has 8 heteroatoms. The predicted octanol–water partition coefficient (Wildman–Crippen LogP) is 3.24. The van der Waals surface area contributed by atoms with E-state index in [0.717, 1.165) is 45.1 Å². The minimum absolute atomic E-state index is 0.118. The number of carbonyl (C=O) groups excluding carboxylic acids is 2. The van der Waals surface area contributed by atoms with Gasteiger partial charge in [0.05, 0.1) is 5.02 Å². The molecule has 2 heterocycles. The van der Waals surface area contributed by atoms with Crippen LogP contribution in [-0.2, 0) is 9.59 Å². The minimum Gasteiger partial charge on any atom is -0.364 e. The average Bonchev–Trinajstić information content (AvgIpc) is 2.74. The Bertz CT molecular complexity index is 734. The molecule has 1 saturated heterocycles. The maximum atomic E-state index is 12.8. The Balaban J connectivity index is 1.59. The molecule has 1 unspecified atom stereocenters. The Labute approximate surface area is 170 Å². The highest BCUT2D eigenvalue weighted by Gasteiger charge is 2.30. The number of nitrogens with one attached hydrogen (secondary N) is 2. The van der Waals surface area contributed by atoms with Crippen LogP contribution in [-0.4, -0.2) is 46.0 Å². The number of carbonyl (C=O) groups is 2. The first-order valence-electron chi connectivity index (χ1n) is 9.90. The highest BCUT2D eigenvalue weighted by Crippen LogP contribution is 2.28. The van der Waals surface area contributed by atoms with E-state index in [0.29, 0.717) is 28.9 Å². The van der Waals surface area contributed by atoms with Gasteiger partial charge in [-0.25, -0.2) is 10.5 Å². The summed E-state index contributed by atoms with van der Waals surface area (Å²) in [5, 5.41) is 12.3. The van der Waals surface area contributed by atoms with E-state index in [9.17, 15) is 9.59 Å². The van der Waals surface area contributed by atoms with E-state index in [1.165, 1.54) is 24.1 Å². The summed E-state index contributed by atoms with van der Waals surface area (Å²) in [6.07, 6.45) is 11.8. The van der Waals surface area contributed by atoms with Crippen LogP contribution in [0.25, 0.3) is 6.08 Å². The van der Waals surface area contributed by atoms with Crippen molar-refractivity contribution in [2.24, 2.45) is 5.92 Å². The molecule has 1 aromatic rings. The SMILES string of the molecule is O=C(/C=C/c1cnc(NC2CCCN(C(=O)C3CCCCC3)C2)c(Cl)c1)NO. The Hall–Kier alpha value is -2.12. The minimum atomic E-state index is -0.622. The van der Waals surface area contributed by atoms with Gasteiger partial charge in [-0.3, -0.25) is 14.8 Å². The number of pyridine rings is 1. The van der Waals surface area contributed by atoms with E-state index in [1.54, 1.807) is 12.3 Å². The Kier molecular flexibility index (Phi) is 7.28. The second-order valence-corrected chi connectivity index (χ2v) is 7.92. The van der Waals surface area contributed by atoms with Crippen molar-refractivity contribution in [2.45, 2.75) is 51.0 Å². The number of hydroxylamine groups is 1. The fourth-order valence-corrected chi connectivity index (χ4v) is 4.18. The lowest BCUT2D eigenvalue weighted by molar-refractivity contribution is -0.137. The zero-order chi connectivity index (χ0) is 19.9. The zero-order valence-corrected chi connectivity index (χ0v) is 16.6. The molecule has 1 atom stereocenters. The topological polar surface area (TPSA) is 94.6 Å². The second kappa shape index (κ2) is 9.89. The molecule has 0 aromatic carbocycles. The van der Waals surface area contributed by atoms with Crippen molar-refractivity contribution in [3.8, 4) is 0 Å². The van der Waals surface area contributed by atoms with Crippen molar-refractivity contribution in [3.63, 3.8) is 0 Å². The van der Waals surface area contributed by atoms with E-state index >= 15 is 0 Å². The predicted molar refractivity (Wildman–Crippen MR) is 108 cm³/mol. The summed E-state index contributed by atoms with van der Waals surface area (Å²) in [6.45, 7) is 1.50. The molecule has 3 rings (SSSR count). The second-order valence-electron chi connectivity index (χ2n) is 7.51. The highest BCUT2D eigenvalue weighted by atomic mass is 35.5. The summed E-state index contributed by atoms with van der Waals surface area (Å²) >= 11 is 6.33. The summed E-state index contributed by atoms with van der Waals surface area (Å²) in [5.41, 5.74) is 2.18. The molecule has 2 fully saturated rings. The fourth-order valence-electron chi connectivity index (χ4n) is 3.96. The summed E-state index contributed by atoms with van der Waals surface area (Å²) in [6, 6.07) is 1.82. The number of nitrogens with zero attached hydrogens (tertiary/aromatic N) is 2. The number of likely N-dealkylation sites (tertiary alicyclic amines) is 1. The number of hydrogen-bond acceptors (Lipinski definition) is 5. The third-order valence-electron chi connectivity index (χ3n) is 5.43. The van der Waals surface area contributed by atoms with Gasteiger partial charge in [-0.2, -0.15) is 0 Å². The van der Waals surface area contributed by atoms with Gasteiger partial charge in [-0.15, -0.1) is 0 Å². The molecule has 1 aromatic heterocycles. The average molecular weight is 407 g/mol. The van der Waals surface area contributed by atoms with Crippen LogP contribution in [0.15, 0.2) is 18.3 Å². The van der Waals surface area contributed by atoms with Gasteiger partial charge in [-0.05, 0) is 43.4 Å². The van der Waals surface area contributed by atoms with Gasteiger partial charge in [0.25, 0.3) is 5.91 Å². The van der Waals surface area contributed by atoms with Crippen LogP contribution >= 0.6 is 11.6 Å². The van der Waals surface area contributed by atoms with Crippen LogP contribution in [0.5, 0.6) is 0 Å². The van der Waals surface area contributed by atoms with E-state index in [-0.39, 0.29) is 12.0 Å². The number of amides is 2. The Morgan fingerprint density at radius 2 is 2.00 bits per heavy atom. The Morgan fingerprint density at radius 1 is 1.21 bits per heavy atom. The van der Waals surface area contributed by atoms with Gasteiger partial charge in [0, 0.05) is 37.3 Å². The maximum Gasteiger partial charge on any atom is 0.267 e. The number of aromatic nitrogens is 1. The molecule has 28 heavy (non-hydrogen) atoms. The quantitative estimate of drug-likeness (QED) is 0.396. The lowest BCUT2D eigenvalue weighted by atomic mass is 9.87. The van der Waals surface area contributed by atoms with Crippen molar-refractivity contribution >= 4 is 35.3 Å². The third-order valence-corrected chi connectivity index (χ3v) is 5.72. The van der Waals surface area contributed by atoms with Crippen molar-refractivity contribution in [2.75, 3.05) is 18.4 Å². The molecule has 152 valence electrons. The lowest BCUT2D eigenvalue weighted by Crippen LogP contribution is -2.47. The maximum absolute atomic E-state index is 12.8. The lowest BCUT2D eigenvalue weighted by Gasteiger charge is -2.36. The summed E-state index contributed by atoms with van der Waals surface area (Å²) in [5.74, 6) is 0.440. The standard InChI is InChI=1S/C20H27ClN4O3/c21-17-11-14(8-9-18(26)24-28)12-22-19(17)23-16-7-4-10-25(13-16)20(27)15-5-2-1-3-6-15/h8-9,11-12,15-16,28H,1-7,10,13H2,(H,22,23)(H,24,26)/b9-8+. The molecule has 0 spiro atoms. The van der Waals surface area contributed by atoms with Gasteiger partial charge in [-0.1, -0.05) is 30.9 Å². The monoisotopic (exact) mass is 406 g/mol. The highest BCUT2D eigenvalue weighted by molar-refractivity contribution is 6.33. The van der Waals surface area contributed by atoms with Gasteiger partial charge in [0.15, 0.2) is 0 Å². The van der Waals surface area contributed by atoms with Gasteiger partial charge >= 0.3 is 0 Å². The van der Waals surface area contributed by atoms with Crippen molar-refractivity contribution in [1.29, 1.82) is 0 Å². The van der Waals surface area contributed by atoms with Gasteiger partial charge < -0.3 is 10.2 Å². The fraction of sp³-hybridized carbons (Fsp3) is 0.550. The van der Waals surface area contributed by atoms with Crippen molar-refractivity contribution in [3.05, 3.63) is 28.9 Å². The van der Waals surface area contributed by atoms with Gasteiger partial charge in [0.1, 0.15) is 5.82 Å². The number of hydrogen-bond donors (Lipinski definition) is 3. The van der Waals surface area contributed by atoms with E-state index < -0.39 is 5.91 Å². The first-order chi connectivity index (χ1) is 13.6. The van der Waals surface area contributed by atoms with Crippen molar-refractivity contribution in [1.82, 2.24) is 15.4 Å². The number of anilines is 1. The molecule has 7 nitrogen and oxygen atoms in total. The molecule has 1 aliphatic carbocycles. The largest absolute Gasteiger partial charge is 0.364 e. The van der Waals surface area contributed by atoms with Crippen LogP contribution in [0, 0.1) is 5.92 Å². The smallest absolute Gasteiger partial charge is 0.267 e. The van der Waals surface area contributed by atoms with Crippen LogP contribution in [0.1, 0.15) is 50.5 Å². The first-order valence-corrected chi connectivity index (χ1v) is 10.3. The molecule has 1 aliphatic heterocycles. The van der Waals surface area contributed by atoms with Gasteiger partial charge in [0.2, 0.25) is 5.91 Å². The molecule has 1 saturated carbocycles. The van der Waals surface area contributed by atoms with E-state index in [2.05, 4.69) is 10.3 Å². The molecule has 2 aliphatic rings. The number of rotatable bonds is 5. The van der Waals surface area contributed by atoms with E-state index in [4.69, 9.17) is 16.8 Å². The first kappa shape index (κ1) is 20.6. The van der Waals surface area contributed by atoms with Crippen LogP contribution in [0.3, 0.4) is 0 Å². The summed E-state index contributed by atoms with van der Waals surface area (Å²) in [7, 11) is 0. The zero-order valence-electron chi connectivity index (χ0n) is 15.9. The normalized spacial score (nSPS) is 20.9. The van der Waals surface area contributed by atoms with Crippen LogP contribution in [0.4, 0.5) is 5.82 Å².